The lowest BCUT2D eigenvalue weighted by Gasteiger charge is -2.12. The van der Waals surface area contributed by atoms with Gasteiger partial charge in [-0.2, -0.15) is 5.26 Å². The van der Waals surface area contributed by atoms with Gasteiger partial charge in [-0.3, -0.25) is 9.59 Å². The monoisotopic (exact) mass is 270 g/mol. The normalized spacial score (nSPS) is 10.3. The molecule has 0 aliphatic rings. The van der Waals surface area contributed by atoms with Crippen LogP contribution in [-0.4, -0.2) is 17.6 Å². The van der Waals surface area contributed by atoms with Gasteiger partial charge in [0.25, 0.3) is 0 Å². The molecule has 0 atom stereocenters. The van der Waals surface area contributed by atoms with Crippen LogP contribution in [0.15, 0.2) is 23.1 Å². The van der Waals surface area contributed by atoms with Crippen molar-refractivity contribution in [2.24, 2.45) is 0 Å². The van der Waals surface area contributed by atoms with Gasteiger partial charge in [-0.1, -0.05) is 6.07 Å². The van der Waals surface area contributed by atoms with Crippen molar-refractivity contribution >= 4 is 16.9 Å². The zero-order valence-electron chi connectivity index (χ0n) is 11.6. The summed E-state index contributed by atoms with van der Waals surface area (Å²) < 4.78 is 6.23. The van der Waals surface area contributed by atoms with E-state index < -0.39 is 5.97 Å². The molecule has 2 aromatic rings. The highest BCUT2D eigenvalue weighted by molar-refractivity contribution is 5.85. The molecule has 0 unspecified atom stereocenters. The Labute approximate surface area is 116 Å². The maximum absolute atomic E-state index is 12.2. The van der Waals surface area contributed by atoms with E-state index in [9.17, 15) is 9.59 Å². The molecule has 0 amide bonds. The molecule has 0 spiro atoms. The number of nitriles is 1. The molecule has 1 aromatic carbocycles. The van der Waals surface area contributed by atoms with Gasteiger partial charge in [-0.05, 0) is 31.0 Å². The van der Waals surface area contributed by atoms with Crippen molar-refractivity contribution in [1.82, 2.24) is 4.57 Å². The number of fused-ring (bicyclic) bond motifs is 1. The third-order valence-corrected chi connectivity index (χ3v) is 3.17. The quantitative estimate of drug-likeness (QED) is 0.778. The van der Waals surface area contributed by atoms with Crippen molar-refractivity contribution < 1.29 is 9.53 Å². The number of aryl methyl sites for hydroxylation is 2. The number of benzene rings is 1. The Kier molecular flexibility index (Phi) is 3.57. The molecule has 5 heteroatoms. The second-order valence-electron chi connectivity index (χ2n) is 4.66. The van der Waals surface area contributed by atoms with E-state index in [1.807, 2.05) is 32.0 Å². The van der Waals surface area contributed by atoms with Crippen molar-refractivity contribution in [2.75, 3.05) is 7.11 Å². The first-order valence-corrected chi connectivity index (χ1v) is 6.09. The fourth-order valence-corrected chi connectivity index (χ4v) is 2.30. The van der Waals surface area contributed by atoms with Crippen LogP contribution < -0.4 is 5.43 Å². The Morgan fingerprint density at radius 2 is 2.10 bits per heavy atom. The first-order valence-electron chi connectivity index (χ1n) is 6.09. The van der Waals surface area contributed by atoms with Gasteiger partial charge < -0.3 is 9.30 Å². The molecule has 20 heavy (non-hydrogen) atoms. The lowest BCUT2D eigenvalue weighted by atomic mass is 10.0. The highest BCUT2D eigenvalue weighted by Crippen LogP contribution is 2.18. The van der Waals surface area contributed by atoms with E-state index in [2.05, 4.69) is 4.74 Å². The molecule has 1 aromatic heterocycles. The van der Waals surface area contributed by atoms with Crippen LogP contribution in [0.4, 0.5) is 0 Å². The molecule has 1 heterocycles. The van der Waals surface area contributed by atoms with Crippen molar-refractivity contribution in [3.05, 3.63) is 45.2 Å². The summed E-state index contributed by atoms with van der Waals surface area (Å²) in [7, 11) is 1.30. The maximum atomic E-state index is 12.2. The Hall–Kier alpha value is -2.61. The van der Waals surface area contributed by atoms with Crippen LogP contribution in [0.1, 0.15) is 16.7 Å². The zero-order chi connectivity index (χ0) is 14.9. The molecule has 102 valence electrons. The van der Waals surface area contributed by atoms with Crippen LogP contribution in [0.3, 0.4) is 0 Å². The van der Waals surface area contributed by atoms with E-state index in [0.717, 1.165) is 11.1 Å². The molecule has 0 radical (unpaired) electrons. The van der Waals surface area contributed by atoms with E-state index in [0.29, 0.717) is 10.9 Å². The number of hydrogen-bond acceptors (Lipinski definition) is 4. The number of carbonyl (C=O) groups excluding carboxylic acids is 1. The number of ether oxygens (including phenoxy) is 1. The summed E-state index contributed by atoms with van der Waals surface area (Å²) in [4.78, 5) is 23.7. The van der Waals surface area contributed by atoms with E-state index in [4.69, 9.17) is 5.26 Å². The van der Waals surface area contributed by atoms with Gasteiger partial charge in [0, 0.05) is 11.6 Å². The number of esters is 1. The Bertz CT molecular complexity index is 797. The average molecular weight is 270 g/mol. The molecule has 0 aliphatic heterocycles. The maximum Gasteiger partial charge on any atom is 0.325 e. The number of carbonyl (C=O) groups is 1. The molecule has 0 bridgehead atoms. The molecule has 2 rings (SSSR count). The average Bonchev–Trinajstić information content (AvgIpc) is 2.40. The van der Waals surface area contributed by atoms with Crippen LogP contribution in [0.5, 0.6) is 0 Å². The number of hydrogen-bond donors (Lipinski definition) is 0. The second kappa shape index (κ2) is 5.17. The number of nitrogens with zero attached hydrogens (tertiary/aromatic N) is 2. The summed E-state index contributed by atoms with van der Waals surface area (Å²) >= 11 is 0. The largest absolute Gasteiger partial charge is 0.468 e. The molecular formula is C15H14N2O3. The number of aromatic nitrogens is 1. The molecule has 0 saturated heterocycles. The molecule has 0 saturated carbocycles. The second-order valence-corrected chi connectivity index (χ2v) is 4.66. The summed E-state index contributed by atoms with van der Waals surface area (Å²) in [5.41, 5.74) is 2.13. The Morgan fingerprint density at radius 3 is 2.70 bits per heavy atom. The van der Waals surface area contributed by atoms with Crippen LogP contribution in [0, 0.1) is 25.2 Å². The topological polar surface area (TPSA) is 72.1 Å². The highest BCUT2D eigenvalue weighted by Gasteiger charge is 2.13. The van der Waals surface area contributed by atoms with Crippen molar-refractivity contribution in [2.45, 2.75) is 20.4 Å². The standard InChI is InChI=1S/C15H14N2O3/c1-9-4-10(2)14-12(5-9)17(8-13(18)20-3)7-11(6-16)15(14)19/h4-5,7H,8H2,1-3H3. The first-order chi connectivity index (χ1) is 9.47. The van der Waals surface area contributed by atoms with Crippen molar-refractivity contribution in [3.8, 4) is 6.07 Å². The highest BCUT2D eigenvalue weighted by atomic mass is 16.5. The molecule has 0 fully saturated rings. The number of methoxy groups -OCH3 is 1. The molecule has 0 N–H and O–H groups in total. The van der Waals surface area contributed by atoms with E-state index in [1.54, 1.807) is 4.57 Å². The number of rotatable bonds is 2. The predicted octanol–water partition coefficient (Wildman–Crippen LogP) is 1.66. The summed E-state index contributed by atoms with van der Waals surface area (Å²) in [6.45, 7) is 3.70. The van der Waals surface area contributed by atoms with Gasteiger partial charge in [-0.15, -0.1) is 0 Å². The van der Waals surface area contributed by atoms with E-state index >= 15 is 0 Å². The Balaban J connectivity index is 2.87. The smallest absolute Gasteiger partial charge is 0.325 e. The fourth-order valence-electron chi connectivity index (χ4n) is 2.30. The molecule has 0 aliphatic carbocycles. The third-order valence-electron chi connectivity index (χ3n) is 3.17. The van der Waals surface area contributed by atoms with Crippen molar-refractivity contribution in [3.63, 3.8) is 0 Å². The summed E-state index contributed by atoms with van der Waals surface area (Å²) in [5.74, 6) is -0.432. The van der Waals surface area contributed by atoms with Gasteiger partial charge in [0.15, 0.2) is 0 Å². The molecular weight excluding hydrogens is 256 g/mol. The van der Waals surface area contributed by atoms with Crippen LogP contribution in [0.2, 0.25) is 0 Å². The minimum atomic E-state index is -0.432. The van der Waals surface area contributed by atoms with Crippen LogP contribution in [0.25, 0.3) is 10.9 Å². The van der Waals surface area contributed by atoms with Gasteiger partial charge in [-0.25, -0.2) is 0 Å². The zero-order valence-corrected chi connectivity index (χ0v) is 11.6. The van der Waals surface area contributed by atoms with Crippen molar-refractivity contribution in [1.29, 1.82) is 5.26 Å². The van der Waals surface area contributed by atoms with Crippen LogP contribution >= 0.6 is 0 Å². The predicted molar refractivity (Wildman–Crippen MR) is 74.4 cm³/mol. The molecule has 5 nitrogen and oxygen atoms in total. The van der Waals surface area contributed by atoms with Gasteiger partial charge in [0.1, 0.15) is 18.2 Å². The summed E-state index contributed by atoms with van der Waals surface area (Å²) in [5, 5.41) is 9.53. The number of pyridine rings is 1. The minimum Gasteiger partial charge on any atom is -0.468 e. The SMILES string of the molecule is COC(=O)Cn1cc(C#N)c(=O)c2c(C)cc(C)cc21. The van der Waals surface area contributed by atoms with E-state index in [-0.39, 0.29) is 17.5 Å². The summed E-state index contributed by atoms with van der Waals surface area (Å²) in [6, 6.07) is 5.58. The fraction of sp³-hybridized carbons (Fsp3) is 0.267. The lowest BCUT2D eigenvalue weighted by Crippen LogP contribution is -2.18. The Morgan fingerprint density at radius 1 is 1.40 bits per heavy atom. The minimum absolute atomic E-state index is 0.0216. The van der Waals surface area contributed by atoms with E-state index in [1.165, 1.54) is 13.3 Å². The third kappa shape index (κ3) is 2.28. The first kappa shape index (κ1) is 13.8. The van der Waals surface area contributed by atoms with Gasteiger partial charge >= 0.3 is 5.97 Å². The van der Waals surface area contributed by atoms with Gasteiger partial charge in [0.2, 0.25) is 5.43 Å². The summed E-state index contributed by atoms with van der Waals surface area (Å²) in [6.07, 6.45) is 1.40. The van der Waals surface area contributed by atoms with Crippen LogP contribution in [-0.2, 0) is 16.1 Å². The van der Waals surface area contributed by atoms with Gasteiger partial charge in [0.05, 0.1) is 12.6 Å². The lowest BCUT2D eigenvalue weighted by molar-refractivity contribution is -0.141.